The SMILES string of the molecule is CCn1nc(-c2ccc(C3CCC(C)NC3)cc2)nc1Nc1cc2c(cc1C)C(=O)NC2C. The Labute approximate surface area is 195 Å². The van der Waals surface area contributed by atoms with Crippen LogP contribution in [0.4, 0.5) is 11.6 Å². The number of piperidine rings is 1. The van der Waals surface area contributed by atoms with Crippen LogP contribution in [0.1, 0.15) is 72.6 Å². The maximum atomic E-state index is 12.1. The lowest BCUT2D eigenvalue weighted by Gasteiger charge is -2.28. The largest absolute Gasteiger partial charge is 0.345 e. The lowest BCUT2D eigenvalue weighted by atomic mass is 9.89. The van der Waals surface area contributed by atoms with Gasteiger partial charge < -0.3 is 16.0 Å². The Morgan fingerprint density at radius 3 is 2.64 bits per heavy atom. The fourth-order valence-electron chi connectivity index (χ4n) is 4.85. The van der Waals surface area contributed by atoms with Crippen molar-refractivity contribution in [1.29, 1.82) is 0 Å². The number of aryl methyl sites for hydroxylation is 2. The second-order valence-corrected chi connectivity index (χ2v) is 9.35. The van der Waals surface area contributed by atoms with Crippen molar-refractivity contribution in [1.82, 2.24) is 25.4 Å². The van der Waals surface area contributed by atoms with Crippen molar-refractivity contribution in [3.63, 3.8) is 0 Å². The molecule has 5 rings (SSSR count). The molecule has 0 bridgehead atoms. The van der Waals surface area contributed by atoms with E-state index in [1.165, 1.54) is 18.4 Å². The van der Waals surface area contributed by atoms with Crippen LogP contribution in [-0.4, -0.2) is 33.3 Å². The fourth-order valence-corrected chi connectivity index (χ4v) is 4.85. The molecule has 3 aromatic rings. The standard InChI is InChI=1S/C26H32N6O/c1-5-32-26(29-23-13-21-17(4)28-25(33)22(21)12-15(23)2)30-24(31-32)19-10-8-18(9-11-19)20-7-6-16(3)27-14-20/h8-13,16-17,20,27H,5-7,14H2,1-4H3,(H,28,33)(H,29,30,31). The van der Waals surface area contributed by atoms with Gasteiger partial charge in [0, 0.05) is 35.9 Å². The van der Waals surface area contributed by atoms with Gasteiger partial charge in [-0.3, -0.25) is 4.79 Å². The van der Waals surface area contributed by atoms with Crippen molar-refractivity contribution in [2.24, 2.45) is 0 Å². The molecule has 33 heavy (non-hydrogen) atoms. The highest BCUT2D eigenvalue weighted by molar-refractivity contribution is 6.00. The highest BCUT2D eigenvalue weighted by Crippen LogP contribution is 2.32. The van der Waals surface area contributed by atoms with E-state index in [0.717, 1.165) is 34.5 Å². The number of amides is 1. The van der Waals surface area contributed by atoms with E-state index in [4.69, 9.17) is 10.1 Å². The van der Waals surface area contributed by atoms with E-state index in [0.29, 0.717) is 30.3 Å². The third-order valence-electron chi connectivity index (χ3n) is 6.97. The van der Waals surface area contributed by atoms with Crippen molar-refractivity contribution < 1.29 is 4.79 Å². The average Bonchev–Trinajstić information content (AvgIpc) is 3.35. The predicted molar refractivity (Wildman–Crippen MR) is 131 cm³/mol. The number of aromatic nitrogens is 3. The van der Waals surface area contributed by atoms with Crippen LogP contribution in [0.5, 0.6) is 0 Å². The van der Waals surface area contributed by atoms with Gasteiger partial charge in [-0.05, 0) is 75.3 Å². The highest BCUT2D eigenvalue weighted by Gasteiger charge is 2.26. The molecule has 1 fully saturated rings. The first kappa shape index (κ1) is 21.6. The van der Waals surface area contributed by atoms with Crippen molar-refractivity contribution in [2.45, 2.75) is 65.1 Å². The van der Waals surface area contributed by atoms with Gasteiger partial charge in [0.2, 0.25) is 5.95 Å². The third-order valence-corrected chi connectivity index (χ3v) is 6.97. The van der Waals surface area contributed by atoms with Gasteiger partial charge in [0.15, 0.2) is 5.82 Å². The molecule has 1 aromatic heterocycles. The average molecular weight is 445 g/mol. The first-order chi connectivity index (χ1) is 15.9. The second-order valence-electron chi connectivity index (χ2n) is 9.35. The molecule has 3 N–H and O–H groups in total. The predicted octanol–water partition coefficient (Wildman–Crippen LogP) is 4.68. The first-order valence-corrected chi connectivity index (χ1v) is 11.9. The van der Waals surface area contributed by atoms with Crippen LogP contribution >= 0.6 is 0 Å². The molecule has 172 valence electrons. The molecule has 3 atom stereocenters. The number of benzene rings is 2. The Kier molecular flexibility index (Phi) is 5.66. The smallest absolute Gasteiger partial charge is 0.252 e. The zero-order valence-corrected chi connectivity index (χ0v) is 19.8. The summed E-state index contributed by atoms with van der Waals surface area (Å²) in [6.07, 6.45) is 2.44. The molecular weight excluding hydrogens is 412 g/mol. The van der Waals surface area contributed by atoms with Crippen molar-refractivity contribution in [3.8, 4) is 11.4 Å². The summed E-state index contributed by atoms with van der Waals surface area (Å²) in [6, 6.07) is 13.3. The summed E-state index contributed by atoms with van der Waals surface area (Å²) in [5, 5.41) is 14.8. The molecule has 3 unspecified atom stereocenters. The molecule has 0 radical (unpaired) electrons. The first-order valence-electron chi connectivity index (χ1n) is 11.9. The van der Waals surface area contributed by atoms with Gasteiger partial charge >= 0.3 is 0 Å². The normalized spacial score (nSPS) is 22.2. The molecule has 1 saturated heterocycles. The molecular formula is C26H32N6O. The lowest BCUT2D eigenvalue weighted by Crippen LogP contribution is -2.35. The number of hydrogen-bond donors (Lipinski definition) is 3. The molecule has 0 spiro atoms. The number of fused-ring (bicyclic) bond motifs is 1. The summed E-state index contributed by atoms with van der Waals surface area (Å²) >= 11 is 0. The van der Waals surface area contributed by atoms with Crippen molar-refractivity contribution in [3.05, 3.63) is 58.7 Å². The summed E-state index contributed by atoms with van der Waals surface area (Å²) in [5.74, 6) is 1.98. The monoisotopic (exact) mass is 444 g/mol. The number of hydrogen-bond acceptors (Lipinski definition) is 5. The number of nitrogens with zero attached hydrogens (tertiary/aromatic N) is 3. The van der Waals surface area contributed by atoms with Gasteiger partial charge in [-0.25, -0.2) is 4.68 Å². The van der Waals surface area contributed by atoms with Gasteiger partial charge in [0.1, 0.15) is 0 Å². The minimum Gasteiger partial charge on any atom is -0.345 e. The van der Waals surface area contributed by atoms with Crippen molar-refractivity contribution in [2.75, 3.05) is 11.9 Å². The third kappa shape index (κ3) is 4.13. The second kappa shape index (κ2) is 8.63. The fraction of sp³-hybridized carbons (Fsp3) is 0.423. The highest BCUT2D eigenvalue weighted by atomic mass is 16.2. The van der Waals surface area contributed by atoms with E-state index < -0.39 is 0 Å². The minimum atomic E-state index is -0.00636. The molecule has 7 heteroatoms. The van der Waals surface area contributed by atoms with Crippen LogP contribution in [0.3, 0.4) is 0 Å². The summed E-state index contributed by atoms with van der Waals surface area (Å²) in [5.41, 5.74) is 6.10. The van der Waals surface area contributed by atoms with Crippen LogP contribution in [0.15, 0.2) is 36.4 Å². The molecule has 0 saturated carbocycles. The summed E-state index contributed by atoms with van der Waals surface area (Å²) < 4.78 is 1.88. The Hall–Kier alpha value is -3.19. The summed E-state index contributed by atoms with van der Waals surface area (Å²) in [7, 11) is 0. The van der Waals surface area contributed by atoms with E-state index in [2.05, 4.69) is 60.1 Å². The number of nitrogens with one attached hydrogen (secondary N) is 3. The van der Waals surface area contributed by atoms with Gasteiger partial charge in [-0.1, -0.05) is 24.3 Å². The topological polar surface area (TPSA) is 83.9 Å². The maximum absolute atomic E-state index is 12.1. The zero-order valence-electron chi connectivity index (χ0n) is 19.8. The van der Waals surface area contributed by atoms with Crippen LogP contribution in [-0.2, 0) is 6.54 Å². The summed E-state index contributed by atoms with van der Waals surface area (Å²) in [4.78, 5) is 16.9. The molecule has 2 aliphatic heterocycles. The van der Waals surface area contributed by atoms with Crippen LogP contribution in [0, 0.1) is 6.92 Å². The Bertz CT molecular complexity index is 1170. The van der Waals surface area contributed by atoms with Gasteiger partial charge in [0.25, 0.3) is 5.91 Å². The van der Waals surface area contributed by atoms with Crippen LogP contribution in [0.2, 0.25) is 0 Å². The van der Waals surface area contributed by atoms with E-state index in [1.54, 1.807) is 0 Å². The number of carbonyl (C=O) groups excluding carboxylic acids is 1. The molecule has 7 nitrogen and oxygen atoms in total. The summed E-state index contributed by atoms with van der Waals surface area (Å²) in [6.45, 7) is 10.1. The van der Waals surface area contributed by atoms with Gasteiger partial charge in [-0.15, -0.1) is 5.10 Å². The molecule has 1 amide bonds. The molecule has 2 aliphatic rings. The number of anilines is 2. The minimum absolute atomic E-state index is 0.00636. The number of rotatable bonds is 5. The van der Waals surface area contributed by atoms with E-state index in [-0.39, 0.29) is 11.9 Å². The quantitative estimate of drug-likeness (QED) is 0.532. The molecule has 0 aliphatic carbocycles. The Morgan fingerprint density at radius 1 is 1.15 bits per heavy atom. The van der Waals surface area contributed by atoms with E-state index in [1.807, 2.05) is 24.6 Å². The maximum Gasteiger partial charge on any atom is 0.252 e. The van der Waals surface area contributed by atoms with Crippen LogP contribution in [0.25, 0.3) is 11.4 Å². The Balaban J connectivity index is 1.39. The van der Waals surface area contributed by atoms with Crippen LogP contribution < -0.4 is 16.0 Å². The van der Waals surface area contributed by atoms with E-state index >= 15 is 0 Å². The zero-order chi connectivity index (χ0) is 23.1. The molecule has 3 heterocycles. The van der Waals surface area contributed by atoms with Gasteiger partial charge in [-0.2, -0.15) is 4.98 Å². The van der Waals surface area contributed by atoms with Gasteiger partial charge in [0.05, 0.1) is 6.04 Å². The van der Waals surface area contributed by atoms with Crippen molar-refractivity contribution >= 4 is 17.5 Å². The lowest BCUT2D eigenvalue weighted by molar-refractivity contribution is 0.0958. The van der Waals surface area contributed by atoms with E-state index in [9.17, 15) is 4.79 Å². The Morgan fingerprint density at radius 2 is 1.94 bits per heavy atom. The molecule has 2 aromatic carbocycles. The number of carbonyl (C=O) groups is 1.